The third-order valence-electron chi connectivity index (χ3n) is 12.2. The lowest BCUT2D eigenvalue weighted by Crippen LogP contribution is -2.30. The first-order valence-corrected chi connectivity index (χ1v) is 27.3. The summed E-state index contributed by atoms with van der Waals surface area (Å²) < 4.78 is 16.8. The second-order valence-electron chi connectivity index (χ2n) is 18.5. The summed E-state index contributed by atoms with van der Waals surface area (Å²) in [5.74, 6) is -0.859. The van der Waals surface area contributed by atoms with Crippen LogP contribution in [0.5, 0.6) is 0 Å². The second kappa shape index (κ2) is 51.5. The third-order valence-corrected chi connectivity index (χ3v) is 12.2. The topological polar surface area (TPSA) is 78.9 Å². The number of esters is 3. The van der Waals surface area contributed by atoms with Crippen molar-refractivity contribution in [2.45, 2.75) is 303 Å². The maximum atomic E-state index is 12.8. The molecule has 0 rings (SSSR count). The van der Waals surface area contributed by atoms with Gasteiger partial charge < -0.3 is 14.2 Å². The SMILES string of the molecule is CCCCCC/C=C\C/C=C\CCCCCCCCCC(=O)OCC(COC(=O)CCCCCCCCCCCCCCC)OC(=O)CCCCCCCCCCCCCCC. The van der Waals surface area contributed by atoms with Gasteiger partial charge >= 0.3 is 17.9 Å². The summed E-state index contributed by atoms with van der Waals surface area (Å²) in [6.07, 6.45) is 58.7. The molecule has 0 aromatic rings. The van der Waals surface area contributed by atoms with E-state index in [4.69, 9.17) is 14.2 Å². The van der Waals surface area contributed by atoms with Gasteiger partial charge in [0.25, 0.3) is 0 Å². The standard InChI is InChI=1S/C56H104O6/c1-4-7-10-13-16-19-22-25-26-27-28-29-32-34-37-40-43-46-49-55(58)61-52-53(62-56(59)50-47-44-41-38-35-31-24-21-18-15-12-9-6-3)51-60-54(57)48-45-42-39-36-33-30-23-20-17-14-11-8-5-2/h19,22,26-27,53H,4-18,20-21,23-25,28-52H2,1-3H3/b22-19-,27-26-. The number of hydrogen-bond acceptors (Lipinski definition) is 6. The van der Waals surface area contributed by atoms with Gasteiger partial charge in [0.15, 0.2) is 6.10 Å². The molecule has 0 aromatic carbocycles. The minimum absolute atomic E-state index is 0.0685. The van der Waals surface area contributed by atoms with Crippen molar-refractivity contribution in [1.82, 2.24) is 0 Å². The average molecular weight is 873 g/mol. The van der Waals surface area contributed by atoms with Gasteiger partial charge in [-0.1, -0.05) is 251 Å². The van der Waals surface area contributed by atoms with Gasteiger partial charge in [-0.15, -0.1) is 0 Å². The number of carbonyl (C=O) groups excluding carboxylic acids is 3. The Balaban J connectivity index is 4.32. The predicted molar refractivity (Wildman–Crippen MR) is 266 cm³/mol. The highest BCUT2D eigenvalue weighted by atomic mass is 16.6. The molecule has 62 heavy (non-hydrogen) atoms. The summed E-state index contributed by atoms with van der Waals surface area (Å²) in [5.41, 5.74) is 0. The van der Waals surface area contributed by atoms with Crippen LogP contribution in [0, 0.1) is 0 Å². The van der Waals surface area contributed by atoms with Crippen molar-refractivity contribution in [1.29, 1.82) is 0 Å². The molecule has 1 atom stereocenters. The predicted octanol–water partition coefficient (Wildman–Crippen LogP) is 17.9. The fraction of sp³-hybridized carbons (Fsp3) is 0.875. The van der Waals surface area contributed by atoms with Gasteiger partial charge in [-0.25, -0.2) is 0 Å². The zero-order chi connectivity index (χ0) is 45.1. The fourth-order valence-electron chi connectivity index (χ4n) is 8.06. The van der Waals surface area contributed by atoms with Crippen LogP contribution in [-0.2, 0) is 28.6 Å². The molecule has 6 nitrogen and oxygen atoms in total. The summed E-state index contributed by atoms with van der Waals surface area (Å²) in [7, 11) is 0. The molecule has 0 aliphatic heterocycles. The van der Waals surface area contributed by atoms with Crippen molar-refractivity contribution in [2.24, 2.45) is 0 Å². The summed E-state index contributed by atoms with van der Waals surface area (Å²) in [6.45, 7) is 6.65. The summed E-state index contributed by atoms with van der Waals surface area (Å²) in [6, 6.07) is 0. The maximum Gasteiger partial charge on any atom is 0.306 e. The molecule has 0 saturated heterocycles. The molecule has 0 spiro atoms. The van der Waals surface area contributed by atoms with Crippen molar-refractivity contribution in [2.75, 3.05) is 13.2 Å². The van der Waals surface area contributed by atoms with Crippen molar-refractivity contribution in [3.05, 3.63) is 24.3 Å². The number of rotatable bonds is 50. The van der Waals surface area contributed by atoms with E-state index in [0.717, 1.165) is 70.6 Å². The number of carbonyl (C=O) groups is 3. The molecule has 0 saturated carbocycles. The Morgan fingerprint density at radius 1 is 0.323 bits per heavy atom. The van der Waals surface area contributed by atoms with Crippen molar-refractivity contribution < 1.29 is 28.6 Å². The first-order chi connectivity index (χ1) is 30.5. The number of hydrogen-bond donors (Lipinski definition) is 0. The highest BCUT2D eigenvalue weighted by Gasteiger charge is 2.19. The number of allylic oxidation sites excluding steroid dienone is 4. The molecule has 0 aliphatic carbocycles. The molecule has 0 aromatic heterocycles. The Morgan fingerprint density at radius 2 is 0.581 bits per heavy atom. The van der Waals surface area contributed by atoms with Gasteiger partial charge in [0.05, 0.1) is 0 Å². The van der Waals surface area contributed by atoms with E-state index >= 15 is 0 Å². The van der Waals surface area contributed by atoms with E-state index in [1.54, 1.807) is 0 Å². The van der Waals surface area contributed by atoms with E-state index in [1.807, 2.05) is 0 Å². The normalized spacial score (nSPS) is 12.1. The molecule has 364 valence electrons. The van der Waals surface area contributed by atoms with E-state index < -0.39 is 6.10 Å². The average Bonchev–Trinajstić information content (AvgIpc) is 3.27. The van der Waals surface area contributed by atoms with Crippen LogP contribution < -0.4 is 0 Å². The van der Waals surface area contributed by atoms with E-state index in [-0.39, 0.29) is 31.1 Å². The maximum absolute atomic E-state index is 12.8. The highest BCUT2D eigenvalue weighted by Crippen LogP contribution is 2.16. The van der Waals surface area contributed by atoms with E-state index in [2.05, 4.69) is 45.1 Å². The monoisotopic (exact) mass is 873 g/mol. The van der Waals surface area contributed by atoms with Crippen LogP contribution >= 0.6 is 0 Å². The van der Waals surface area contributed by atoms with Crippen LogP contribution in [0.2, 0.25) is 0 Å². The summed E-state index contributed by atoms with van der Waals surface area (Å²) in [5, 5.41) is 0. The van der Waals surface area contributed by atoms with Gasteiger partial charge in [-0.05, 0) is 51.4 Å². The van der Waals surface area contributed by atoms with Gasteiger partial charge in [0.1, 0.15) is 13.2 Å². The van der Waals surface area contributed by atoms with E-state index in [0.29, 0.717) is 19.3 Å². The fourth-order valence-corrected chi connectivity index (χ4v) is 8.06. The lowest BCUT2D eigenvalue weighted by atomic mass is 10.0. The largest absolute Gasteiger partial charge is 0.462 e. The Hall–Kier alpha value is -2.11. The Labute approximate surface area is 385 Å². The van der Waals surface area contributed by atoms with Gasteiger partial charge in [0.2, 0.25) is 0 Å². The van der Waals surface area contributed by atoms with Crippen LogP contribution in [0.1, 0.15) is 297 Å². The number of unbranched alkanes of at least 4 members (excludes halogenated alkanes) is 35. The van der Waals surface area contributed by atoms with Crippen LogP contribution in [0.3, 0.4) is 0 Å². The quantitative estimate of drug-likeness (QED) is 0.0262. The van der Waals surface area contributed by atoms with Crippen molar-refractivity contribution in [3.63, 3.8) is 0 Å². The van der Waals surface area contributed by atoms with E-state index in [9.17, 15) is 14.4 Å². The molecule has 0 N–H and O–H groups in total. The zero-order valence-electron chi connectivity index (χ0n) is 41.7. The lowest BCUT2D eigenvalue weighted by Gasteiger charge is -2.18. The molecule has 0 aliphatic rings. The zero-order valence-corrected chi connectivity index (χ0v) is 41.7. The van der Waals surface area contributed by atoms with Crippen LogP contribution in [0.4, 0.5) is 0 Å². The third kappa shape index (κ3) is 48.9. The summed E-state index contributed by atoms with van der Waals surface area (Å²) >= 11 is 0. The van der Waals surface area contributed by atoms with Gasteiger partial charge in [0, 0.05) is 19.3 Å². The van der Waals surface area contributed by atoms with Crippen molar-refractivity contribution in [3.8, 4) is 0 Å². The van der Waals surface area contributed by atoms with Crippen molar-refractivity contribution >= 4 is 17.9 Å². The minimum atomic E-state index is -0.768. The smallest absolute Gasteiger partial charge is 0.306 e. The lowest BCUT2D eigenvalue weighted by molar-refractivity contribution is -0.167. The molecule has 6 heteroatoms. The van der Waals surface area contributed by atoms with Crippen LogP contribution in [0.15, 0.2) is 24.3 Å². The molecular formula is C56H104O6. The molecule has 0 amide bonds. The Bertz CT molecular complexity index is 1000. The summed E-state index contributed by atoms with van der Waals surface area (Å²) in [4.78, 5) is 38.0. The minimum Gasteiger partial charge on any atom is -0.462 e. The van der Waals surface area contributed by atoms with Crippen LogP contribution in [-0.4, -0.2) is 37.2 Å². The molecule has 0 radical (unpaired) electrons. The first kappa shape index (κ1) is 59.9. The Morgan fingerprint density at radius 3 is 0.903 bits per heavy atom. The van der Waals surface area contributed by atoms with E-state index in [1.165, 1.54) is 186 Å². The molecule has 0 heterocycles. The first-order valence-electron chi connectivity index (χ1n) is 27.3. The molecular weight excluding hydrogens is 769 g/mol. The van der Waals surface area contributed by atoms with Crippen LogP contribution in [0.25, 0.3) is 0 Å². The van der Waals surface area contributed by atoms with Gasteiger partial charge in [-0.3, -0.25) is 14.4 Å². The number of ether oxygens (including phenoxy) is 3. The Kier molecular flexibility index (Phi) is 49.8. The van der Waals surface area contributed by atoms with Gasteiger partial charge in [-0.2, -0.15) is 0 Å². The second-order valence-corrected chi connectivity index (χ2v) is 18.5. The molecule has 0 bridgehead atoms. The highest BCUT2D eigenvalue weighted by molar-refractivity contribution is 5.71. The molecule has 0 fully saturated rings. The molecule has 1 unspecified atom stereocenters.